The molecule has 1 aromatic rings. The lowest BCUT2D eigenvalue weighted by Crippen LogP contribution is -2.27. The van der Waals surface area contributed by atoms with Gasteiger partial charge in [0, 0.05) is 11.8 Å². The Morgan fingerprint density at radius 2 is 2.00 bits per heavy atom. The van der Waals surface area contributed by atoms with E-state index in [0.717, 1.165) is 24.7 Å². The Hall–Kier alpha value is -0.900. The van der Waals surface area contributed by atoms with Gasteiger partial charge >= 0.3 is 0 Å². The van der Waals surface area contributed by atoms with Gasteiger partial charge in [-0.25, -0.2) is 4.98 Å². The molecule has 0 unspecified atom stereocenters. The van der Waals surface area contributed by atoms with Gasteiger partial charge in [-0.3, -0.25) is 5.10 Å². The highest BCUT2D eigenvalue weighted by atomic mass is 15.2. The third-order valence-corrected chi connectivity index (χ3v) is 2.76. The summed E-state index contributed by atoms with van der Waals surface area (Å²) in [5, 5.41) is 10.7. The van der Waals surface area contributed by atoms with E-state index in [1.165, 1.54) is 12.8 Å². The van der Waals surface area contributed by atoms with E-state index in [-0.39, 0.29) is 0 Å². The van der Waals surface area contributed by atoms with E-state index in [1.54, 1.807) is 0 Å². The fourth-order valence-electron chi connectivity index (χ4n) is 1.82. The van der Waals surface area contributed by atoms with Crippen molar-refractivity contribution in [3.63, 3.8) is 0 Å². The minimum absolute atomic E-state index is 0.418. The molecular weight excluding hydrogens is 176 g/mol. The lowest BCUT2D eigenvalue weighted by atomic mass is 9.98. The Bertz CT molecular complexity index is 286. The second-order valence-corrected chi connectivity index (χ2v) is 4.26. The molecule has 1 aliphatic rings. The average molecular weight is 194 g/mol. The molecule has 0 radical (unpaired) electrons. The molecule has 0 atom stereocenters. The molecule has 0 bridgehead atoms. The second-order valence-electron chi connectivity index (χ2n) is 4.26. The van der Waals surface area contributed by atoms with Crippen LogP contribution < -0.4 is 5.32 Å². The molecular formula is C10H18N4. The van der Waals surface area contributed by atoms with Gasteiger partial charge in [0.05, 0.1) is 0 Å². The van der Waals surface area contributed by atoms with E-state index in [0.29, 0.717) is 11.8 Å². The van der Waals surface area contributed by atoms with E-state index < -0.39 is 0 Å². The van der Waals surface area contributed by atoms with Crippen LogP contribution in [0.2, 0.25) is 0 Å². The zero-order chi connectivity index (χ0) is 9.97. The third-order valence-electron chi connectivity index (χ3n) is 2.76. The largest absolute Gasteiger partial charge is 0.317 e. The molecule has 1 fully saturated rings. The summed E-state index contributed by atoms with van der Waals surface area (Å²) in [5.74, 6) is 3.02. The maximum Gasteiger partial charge on any atom is 0.153 e. The first-order chi connectivity index (χ1) is 6.77. The van der Waals surface area contributed by atoms with Crippen LogP contribution in [0.3, 0.4) is 0 Å². The van der Waals surface area contributed by atoms with Gasteiger partial charge in [0.1, 0.15) is 5.82 Å². The number of rotatable bonds is 2. The van der Waals surface area contributed by atoms with E-state index in [9.17, 15) is 0 Å². The topological polar surface area (TPSA) is 53.6 Å². The first-order valence-electron chi connectivity index (χ1n) is 5.40. The lowest BCUT2D eigenvalue weighted by Gasteiger charge is -2.19. The lowest BCUT2D eigenvalue weighted by molar-refractivity contribution is 0.445. The Morgan fingerprint density at radius 1 is 1.29 bits per heavy atom. The summed E-state index contributed by atoms with van der Waals surface area (Å²) in [6, 6.07) is 0. The summed E-state index contributed by atoms with van der Waals surface area (Å²) < 4.78 is 0. The Morgan fingerprint density at radius 3 is 2.57 bits per heavy atom. The summed E-state index contributed by atoms with van der Waals surface area (Å²) >= 11 is 0. The van der Waals surface area contributed by atoms with Gasteiger partial charge in [-0.2, -0.15) is 5.10 Å². The number of nitrogens with one attached hydrogen (secondary N) is 2. The van der Waals surface area contributed by atoms with Crippen LogP contribution in [0.4, 0.5) is 0 Å². The zero-order valence-corrected chi connectivity index (χ0v) is 8.88. The highest BCUT2D eigenvalue weighted by Crippen LogP contribution is 2.22. The van der Waals surface area contributed by atoms with Crippen molar-refractivity contribution in [1.29, 1.82) is 0 Å². The first kappa shape index (κ1) is 9.65. The van der Waals surface area contributed by atoms with Crippen LogP contribution in [-0.4, -0.2) is 28.3 Å². The standard InChI is InChI=1S/C10H18N4/c1-7(2)9-12-10(14-13-9)8-3-5-11-6-4-8/h7-8,11H,3-6H2,1-2H3,(H,12,13,14). The molecule has 0 spiro atoms. The number of aromatic nitrogens is 3. The van der Waals surface area contributed by atoms with Crippen molar-refractivity contribution in [1.82, 2.24) is 20.5 Å². The summed E-state index contributed by atoms with van der Waals surface area (Å²) in [7, 11) is 0. The molecule has 0 aliphatic carbocycles. The van der Waals surface area contributed by atoms with Crippen LogP contribution in [0.5, 0.6) is 0 Å². The van der Waals surface area contributed by atoms with Crippen LogP contribution in [0.15, 0.2) is 0 Å². The molecule has 1 saturated heterocycles. The molecule has 0 amide bonds. The fraction of sp³-hybridized carbons (Fsp3) is 0.800. The summed E-state index contributed by atoms with van der Waals surface area (Å²) in [6.45, 7) is 6.44. The molecule has 1 aromatic heterocycles. The van der Waals surface area contributed by atoms with Gasteiger partial charge in [-0.05, 0) is 25.9 Å². The average Bonchev–Trinajstić information content (AvgIpc) is 2.68. The molecule has 78 valence electrons. The SMILES string of the molecule is CC(C)c1n[nH]c(C2CCNCC2)n1. The van der Waals surface area contributed by atoms with Gasteiger partial charge in [0.2, 0.25) is 0 Å². The zero-order valence-electron chi connectivity index (χ0n) is 8.88. The predicted octanol–water partition coefficient (Wildman–Crippen LogP) is 1.40. The Balaban J connectivity index is 2.07. The van der Waals surface area contributed by atoms with Crippen molar-refractivity contribution in [2.75, 3.05) is 13.1 Å². The Labute approximate surface area is 84.5 Å². The van der Waals surface area contributed by atoms with Crippen molar-refractivity contribution in [3.05, 3.63) is 11.6 Å². The highest BCUT2D eigenvalue weighted by Gasteiger charge is 2.19. The minimum Gasteiger partial charge on any atom is -0.317 e. The normalized spacial score (nSPS) is 19.1. The monoisotopic (exact) mass is 194 g/mol. The van der Waals surface area contributed by atoms with Crippen molar-refractivity contribution >= 4 is 0 Å². The van der Waals surface area contributed by atoms with E-state index in [2.05, 4.69) is 34.3 Å². The number of hydrogen-bond acceptors (Lipinski definition) is 3. The van der Waals surface area contributed by atoms with Crippen molar-refractivity contribution in [2.45, 2.75) is 38.5 Å². The molecule has 14 heavy (non-hydrogen) atoms. The van der Waals surface area contributed by atoms with Gasteiger partial charge in [0.25, 0.3) is 0 Å². The van der Waals surface area contributed by atoms with E-state index >= 15 is 0 Å². The molecule has 4 heteroatoms. The molecule has 4 nitrogen and oxygen atoms in total. The number of H-pyrrole nitrogens is 1. The minimum atomic E-state index is 0.418. The molecule has 2 heterocycles. The van der Waals surface area contributed by atoms with Crippen LogP contribution in [-0.2, 0) is 0 Å². The van der Waals surface area contributed by atoms with Crippen molar-refractivity contribution in [2.24, 2.45) is 0 Å². The predicted molar refractivity (Wildman–Crippen MR) is 55.3 cm³/mol. The van der Waals surface area contributed by atoms with Crippen molar-refractivity contribution < 1.29 is 0 Å². The van der Waals surface area contributed by atoms with Gasteiger partial charge in [0.15, 0.2) is 5.82 Å². The van der Waals surface area contributed by atoms with Gasteiger partial charge in [-0.15, -0.1) is 0 Å². The number of hydrogen-bond donors (Lipinski definition) is 2. The summed E-state index contributed by atoms with van der Waals surface area (Å²) in [5.41, 5.74) is 0. The molecule has 1 aliphatic heterocycles. The van der Waals surface area contributed by atoms with Crippen LogP contribution >= 0.6 is 0 Å². The van der Waals surface area contributed by atoms with Crippen LogP contribution in [0.1, 0.15) is 50.2 Å². The molecule has 0 saturated carbocycles. The summed E-state index contributed by atoms with van der Waals surface area (Å²) in [6.07, 6.45) is 2.35. The maximum absolute atomic E-state index is 4.54. The smallest absolute Gasteiger partial charge is 0.153 e. The first-order valence-corrected chi connectivity index (χ1v) is 5.40. The van der Waals surface area contributed by atoms with Crippen LogP contribution in [0, 0.1) is 0 Å². The van der Waals surface area contributed by atoms with Gasteiger partial charge in [-0.1, -0.05) is 13.8 Å². The number of aromatic amines is 1. The van der Waals surface area contributed by atoms with Gasteiger partial charge < -0.3 is 5.32 Å². The van der Waals surface area contributed by atoms with Crippen molar-refractivity contribution in [3.8, 4) is 0 Å². The third kappa shape index (κ3) is 1.95. The quantitative estimate of drug-likeness (QED) is 0.748. The molecule has 0 aromatic carbocycles. The van der Waals surface area contributed by atoms with E-state index in [4.69, 9.17) is 0 Å². The summed E-state index contributed by atoms with van der Waals surface area (Å²) in [4.78, 5) is 4.54. The number of nitrogens with zero attached hydrogens (tertiary/aromatic N) is 2. The Kier molecular flexibility index (Phi) is 2.82. The molecule has 2 N–H and O–H groups in total. The number of piperidine rings is 1. The highest BCUT2D eigenvalue weighted by molar-refractivity contribution is 5.01. The molecule has 2 rings (SSSR count). The maximum atomic E-state index is 4.54. The second kappa shape index (κ2) is 4.09. The van der Waals surface area contributed by atoms with E-state index in [1.807, 2.05) is 0 Å². The van der Waals surface area contributed by atoms with Crippen LogP contribution in [0.25, 0.3) is 0 Å². The fourth-order valence-corrected chi connectivity index (χ4v) is 1.82.